The number of methoxy groups -OCH3 is 1. The molecule has 128 valence electrons. The molecule has 1 aromatic rings. The van der Waals surface area contributed by atoms with Crippen LogP contribution in [0.15, 0.2) is 28.7 Å². The van der Waals surface area contributed by atoms with E-state index in [0.29, 0.717) is 19.4 Å². The second kappa shape index (κ2) is 9.67. The first kappa shape index (κ1) is 19.6. The van der Waals surface area contributed by atoms with Crippen molar-refractivity contribution >= 4 is 27.8 Å². The van der Waals surface area contributed by atoms with Crippen molar-refractivity contribution in [3.05, 3.63) is 34.3 Å². The summed E-state index contributed by atoms with van der Waals surface area (Å²) in [6.07, 6.45) is 1.08. The van der Waals surface area contributed by atoms with Crippen molar-refractivity contribution in [2.45, 2.75) is 32.7 Å². The van der Waals surface area contributed by atoms with Crippen molar-refractivity contribution in [2.24, 2.45) is 11.8 Å². The van der Waals surface area contributed by atoms with Gasteiger partial charge in [-0.15, -0.1) is 0 Å². The van der Waals surface area contributed by atoms with Gasteiger partial charge < -0.3 is 15.2 Å². The Hall–Kier alpha value is -1.40. The first-order chi connectivity index (χ1) is 10.8. The van der Waals surface area contributed by atoms with Crippen LogP contribution in [0.3, 0.4) is 0 Å². The van der Waals surface area contributed by atoms with Crippen molar-refractivity contribution in [1.82, 2.24) is 5.32 Å². The SMILES string of the molecule is COCCC(Cc1cccc(Br)c1)C(=O)NC(C(=O)O)C(C)C. The van der Waals surface area contributed by atoms with E-state index in [2.05, 4.69) is 21.2 Å². The third kappa shape index (κ3) is 6.71. The fraction of sp³-hybridized carbons (Fsp3) is 0.529. The zero-order chi connectivity index (χ0) is 17.4. The number of ether oxygens (including phenoxy) is 1. The van der Waals surface area contributed by atoms with Crippen molar-refractivity contribution in [3.8, 4) is 0 Å². The van der Waals surface area contributed by atoms with Crippen LogP contribution in [0, 0.1) is 11.8 Å². The average molecular weight is 386 g/mol. The van der Waals surface area contributed by atoms with Crippen LogP contribution in [-0.4, -0.2) is 36.7 Å². The molecule has 0 spiro atoms. The number of halogens is 1. The van der Waals surface area contributed by atoms with Crippen LogP contribution in [-0.2, 0) is 20.7 Å². The van der Waals surface area contributed by atoms with E-state index in [1.807, 2.05) is 24.3 Å². The Morgan fingerprint density at radius 2 is 2.04 bits per heavy atom. The second-order valence-electron chi connectivity index (χ2n) is 5.88. The molecule has 5 nitrogen and oxygen atoms in total. The van der Waals surface area contributed by atoms with E-state index in [4.69, 9.17) is 4.74 Å². The molecule has 0 fully saturated rings. The van der Waals surface area contributed by atoms with Gasteiger partial charge in [0.15, 0.2) is 0 Å². The monoisotopic (exact) mass is 385 g/mol. The number of carbonyl (C=O) groups excluding carboxylic acids is 1. The molecule has 0 aliphatic rings. The number of rotatable bonds is 9. The van der Waals surface area contributed by atoms with E-state index in [1.165, 1.54) is 0 Å². The number of hydrogen-bond acceptors (Lipinski definition) is 3. The Labute approximate surface area is 145 Å². The van der Waals surface area contributed by atoms with Gasteiger partial charge >= 0.3 is 5.97 Å². The molecular formula is C17H24BrNO4. The predicted molar refractivity (Wildman–Crippen MR) is 92.2 cm³/mol. The topological polar surface area (TPSA) is 75.6 Å². The van der Waals surface area contributed by atoms with E-state index >= 15 is 0 Å². The van der Waals surface area contributed by atoms with Gasteiger partial charge in [-0.2, -0.15) is 0 Å². The molecular weight excluding hydrogens is 362 g/mol. The molecule has 1 aromatic carbocycles. The van der Waals surface area contributed by atoms with E-state index in [1.54, 1.807) is 21.0 Å². The molecule has 2 atom stereocenters. The van der Waals surface area contributed by atoms with Gasteiger partial charge in [-0.05, 0) is 36.5 Å². The van der Waals surface area contributed by atoms with Gasteiger partial charge in [0.05, 0.1) is 0 Å². The molecule has 2 unspecified atom stereocenters. The number of carboxylic acids is 1. The minimum atomic E-state index is -1.01. The Kier molecular flexibility index (Phi) is 8.26. The quantitative estimate of drug-likeness (QED) is 0.685. The molecule has 0 aliphatic heterocycles. The summed E-state index contributed by atoms with van der Waals surface area (Å²) in [6.45, 7) is 4.00. The van der Waals surface area contributed by atoms with Crippen LogP contribution in [0.25, 0.3) is 0 Å². The number of amides is 1. The summed E-state index contributed by atoms with van der Waals surface area (Å²) < 4.78 is 6.03. The lowest BCUT2D eigenvalue weighted by atomic mass is 9.94. The highest BCUT2D eigenvalue weighted by atomic mass is 79.9. The summed E-state index contributed by atoms with van der Waals surface area (Å²) in [5.74, 6) is -1.76. The Morgan fingerprint density at radius 1 is 1.35 bits per heavy atom. The highest BCUT2D eigenvalue weighted by Gasteiger charge is 2.27. The summed E-state index contributed by atoms with van der Waals surface area (Å²) in [5.41, 5.74) is 1.02. The maximum absolute atomic E-state index is 12.5. The summed E-state index contributed by atoms with van der Waals surface area (Å²) >= 11 is 3.42. The van der Waals surface area contributed by atoms with Gasteiger partial charge in [0.1, 0.15) is 6.04 Å². The van der Waals surface area contributed by atoms with Gasteiger partial charge in [0.2, 0.25) is 5.91 Å². The molecule has 0 aromatic heterocycles. The molecule has 0 bridgehead atoms. The van der Waals surface area contributed by atoms with E-state index in [-0.39, 0.29) is 17.7 Å². The van der Waals surface area contributed by atoms with Crippen molar-refractivity contribution in [2.75, 3.05) is 13.7 Å². The second-order valence-corrected chi connectivity index (χ2v) is 6.80. The molecule has 1 amide bonds. The van der Waals surface area contributed by atoms with Crippen LogP contribution >= 0.6 is 15.9 Å². The van der Waals surface area contributed by atoms with E-state index in [9.17, 15) is 14.7 Å². The van der Waals surface area contributed by atoms with Crippen molar-refractivity contribution in [3.63, 3.8) is 0 Å². The number of carboxylic acid groups (broad SMARTS) is 1. The van der Waals surface area contributed by atoms with Gasteiger partial charge in [-0.1, -0.05) is 41.9 Å². The van der Waals surface area contributed by atoms with Gasteiger partial charge in [-0.25, -0.2) is 4.79 Å². The highest BCUT2D eigenvalue weighted by molar-refractivity contribution is 9.10. The third-order valence-electron chi connectivity index (χ3n) is 3.64. The molecule has 0 heterocycles. The zero-order valence-corrected chi connectivity index (χ0v) is 15.3. The average Bonchev–Trinajstić information content (AvgIpc) is 2.48. The normalized spacial score (nSPS) is 13.6. The van der Waals surface area contributed by atoms with Crippen LogP contribution in [0.1, 0.15) is 25.8 Å². The summed E-state index contributed by atoms with van der Waals surface area (Å²) in [4.78, 5) is 23.8. The maximum atomic E-state index is 12.5. The lowest BCUT2D eigenvalue weighted by molar-refractivity contribution is -0.143. The lowest BCUT2D eigenvalue weighted by Crippen LogP contribution is -2.47. The van der Waals surface area contributed by atoms with Gasteiger partial charge in [0, 0.05) is 24.1 Å². The molecule has 1 rings (SSSR count). The summed E-state index contributed by atoms with van der Waals surface area (Å²) in [5, 5.41) is 11.9. The largest absolute Gasteiger partial charge is 0.480 e. The van der Waals surface area contributed by atoms with Crippen LogP contribution < -0.4 is 5.32 Å². The smallest absolute Gasteiger partial charge is 0.326 e. The summed E-state index contributed by atoms with van der Waals surface area (Å²) in [7, 11) is 1.59. The number of hydrogen-bond donors (Lipinski definition) is 2. The molecule has 23 heavy (non-hydrogen) atoms. The predicted octanol–water partition coefficient (Wildman–Crippen LogP) is 2.87. The maximum Gasteiger partial charge on any atom is 0.326 e. The van der Waals surface area contributed by atoms with Crippen molar-refractivity contribution < 1.29 is 19.4 Å². The Balaban J connectivity index is 2.83. The number of carbonyl (C=O) groups is 2. The molecule has 0 saturated carbocycles. The minimum Gasteiger partial charge on any atom is -0.480 e. The highest BCUT2D eigenvalue weighted by Crippen LogP contribution is 2.18. The fourth-order valence-corrected chi connectivity index (χ4v) is 2.77. The summed E-state index contributed by atoms with van der Waals surface area (Å²) in [6, 6.07) is 6.88. The molecule has 0 radical (unpaired) electrons. The van der Waals surface area contributed by atoms with Crippen LogP contribution in [0.2, 0.25) is 0 Å². The van der Waals surface area contributed by atoms with Crippen LogP contribution in [0.5, 0.6) is 0 Å². The minimum absolute atomic E-state index is 0.176. The standard InChI is InChI=1S/C17H24BrNO4/c1-11(2)15(17(21)22)19-16(20)13(7-8-23-3)9-12-5-4-6-14(18)10-12/h4-6,10-11,13,15H,7-9H2,1-3H3,(H,19,20)(H,21,22). The molecule has 6 heteroatoms. The van der Waals surface area contributed by atoms with Crippen LogP contribution in [0.4, 0.5) is 0 Å². The fourth-order valence-electron chi connectivity index (χ4n) is 2.32. The molecule has 0 saturated heterocycles. The van der Waals surface area contributed by atoms with Gasteiger partial charge in [0.25, 0.3) is 0 Å². The lowest BCUT2D eigenvalue weighted by Gasteiger charge is -2.22. The van der Waals surface area contributed by atoms with Gasteiger partial charge in [-0.3, -0.25) is 4.79 Å². The Morgan fingerprint density at radius 3 is 2.57 bits per heavy atom. The van der Waals surface area contributed by atoms with E-state index in [0.717, 1.165) is 10.0 Å². The number of nitrogens with one attached hydrogen (secondary N) is 1. The number of benzene rings is 1. The van der Waals surface area contributed by atoms with Crippen molar-refractivity contribution in [1.29, 1.82) is 0 Å². The molecule has 0 aliphatic carbocycles. The zero-order valence-electron chi connectivity index (χ0n) is 13.7. The number of aliphatic carboxylic acids is 1. The van der Waals surface area contributed by atoms with E-state index < -0.39 is 12.0 Å². The molecule has 2 N–H and O–H groups in total. The third-order valence-corrected chi connectivity index (χ3v) is 4.14. The first-order valence-corrected chi connectivity index (χ1v) is 8.41. The Bertz CT molecular complexity index is 533. The first-order valence-electron chi connectivity index (χ1n) is 7.61.